The first-order valence-electron chi connectivity index (χ1n) is 7.03. The molecule has 0 aliphatic carbocycles. The number of hydrogen-bond acceptors (Lipinski definition) is 3. The molecule has 0 aromatic heterocycles. The maximum Gasteiger partial charge on any atom is 0.251 e. The first-order chi connectivity index (χ1) is 9.96. The van der Waals surface area contributed by atoms with Crippen LogP contribution in [0.15, 0.2) is 42.5 Å². The summed E-state index contributed by atoms with van der Waals surface area (Å²) in [7, 11) is 0. The first kappa shape index (κ1) is 15.9. The second-order valence-corrected chi connectivity index (χ2v) is 6.79. The van der Waals surface area contributed by atoms with Crippen LogP contribution in [-0.2, 0) is 0 Å². The first-order valence-corrected chi connectivity index (χ1v) is 8.18. The lowest BCUT2D eigenvalue weighted by Gasteiger charge is -2.16. The highest BCUT2D eigenvalue weighted by Crippen LogP contribution is 2.15. The summed E-state index contributed by atoms with van der Waals surface area (Å²) in [6.45, 7) is 4.17. The topological polar surface area (TPSA) is 49.3 Å². The number of carbonyl (C=O) groups excluding carboxylic acids is 1. The summed E-state index contributed by atoms with van der Waals surface area (Å²) in [6.07, 6.45) is 0. The Morgan fingerprint density at radius 2 is 1.90 bits per heavy atom. The van der Waals surface area contributed by atoms with Gasteiger partial charge in [0.15, 0.2) is 0 Å². The smallest absolute Gasteiger partial charge is 0.251 e. The van der Waals surface area contributed by atoms with Gasteiger partial charge in [-0.2, -0.15) is 11.8 Å². The Hall–Kier alpha value is -1.52. The number of benzene rings is 2. The summed E-state index contributed by atoms with van der Waals surface area (Å²) >= 11 is 1.64. The molecule has 0 bridgehead atoms. The number of nitrogens with one attached hydrogen (secondary N) is 1. The zero-order valence-electron chi connectivity index (χ0n) is 12.4. The van der Waals surface area contributed by atoms with E-state index in [1.165, 1.54) is 0 Å². The highest BCUT2D eigenvalue weighted by Gasteiger charge is 2.12. The third-order valence-electron chi connectivity index (χ3n) is 3.00. The van der Waals surface area contributed by atoms with Crippen LogP contribution in [0, 0.1) is 0 Å². The average molecular weight is 303 g/mol. The van der Waals surface area contributed by atoms with Gasteiger partial charge < -0.3 is 10.4 Å². The summed E-state index contributed by atoms with van der Waals surface area (Å²) in [5.41, 5.74) is 0.0220. The number of rotatable bonds is 6. The molecule has 0 saturated carbocycles. The fourth-order valence-corrected chi connectivity index (χ4v) is 2.88. The average Bonchev–Trinajstić information content (AvgIpc) is 2.45. The highest BCUT2D eigenvalue weighted by atomic mass is 32.2. The fraction of sp³-hybridized carbons (Fsp3) is 0.353. The molecule has 2 rings (SSSR count). The minimum absolute atomic E-state index is 0.0513. The maximum atomic E-state index is 12.1. The summed E-state index contributed by atoms with van der Waals surface area (Å²) in [6, 6.07) is 13.7. The van der Waals surface area contributed by atoms with Crippen molar-refractivity contribution in [2.24, 2.45) is 0 Å². The molecule has 0 spiro atoms. The van der Waals surface area contributed by atoms with Crippen molar-refractivity contribution in [2.75, 3.05) is 18.1 Å². The summed E-state index contributed by atoms with van der Waals surface area (Å²) < 4.78 is 0. The van der Waals surface area contributed by atoms with Gasteiger partial charge in [-0.1, -0.05) is 30.3 Å². The lowest BCUT2D eigenvalue weighted by Crippen LogP contribution is -2.27. The van der Waals surface area contributed by atoms with Gasteiger partial charge in [-0.05, 0) is 36.8 Å². The van der Waals surface area contributed by atoms with Crippen molar-refractivity contribution in [3.05, 3.63) is 48.0 Å². The van der Waals surface area contributed by atoms with E-state index in [1.54, 1.807) is 25.6 Å². The van der Waals surface area contributed by atoms with E-state index in [2.05, 4.69) is 5.32 Å². The van der Waals surface area contributed by atoms with Crippen molar-refractivity contribution >= 4 is 28.4 Å². The lowest BCUT2D eigenvalue weighted by atomic mass is 10.1. The molecule has 2 N–H and O–H groups in total. The SMILES string of the molecule is CC(C)(O)CSCCNC(=O)c1ccc2ccccc2c1. The molecule has 21 heavy (non-hydrogen) atoms. The van der Waals surface area contributed by atoms with Gasteiger partial charge >= 0.3 is 0 Å². The zero-order valence-corrected chi connectivity index (χ0v) is 13.2. The molecular formula is C17H21NO2S. The van der Waals surface area contributed by atoms with Crippen LogP contribution in [0.2, 0.25) is 0 Å². The Balaban J connectivity index is 1.85. The number of thioether (sulfide) groups is 1. The van der Waals surface area contributed by atoms with E-state index >= 15 is 0 Å². The van der Waals surface area contributed by atoms with Gasteiger partial charge in [0.05, 0.1) is 5.60 Å². The maximum absolute atomic E-state index is 12.1. The van der Waals surface area contributed by atoms with Crippen molar-refractivity contribution in [3.8, 4) is 0 Å². The Labute approximate surface area is 129 Å². The quantitative estimate of drug-likeness (QED) is 0.806. The molecule has 0 aliphatic rings. The van der Waals surface area contributed by atoms with E-state index in [0.717, 1.165) is 16.5 Å². The molecule has 4 heteroatoms. The number of amides is 1. The minimum Gasteiger partial charge on any atom is -0.390 e. The predicted octanol–water partition coefficient (Wildman–Crippen LogP) is 3.07. The Kier molecular flexibility index (Phi) is 5.26. The summed E-state index contributed by atoms with van der Waals surface area (Å²) in [5, 5.41) is 14.7. The third kappa shape index (κ3) is 5.06. The van der Waals surface area contributed by atoms with Gasteiger partial charge in [0.1, 0.15) is 0 Å². The van der Waals surface area contributed by atoms with Gasteiger partial charge in [0, 0.05) is 23.6 Å². The minimum atomic E-state index is -0.660. The van der Waals surface area contributed by atoms with Crippen molar-refractivity contribution in [1.82, 2.24) is 5.32 Å². The molecule has 0 radical (unpaired) electrons. The number of carbonyl (C=O) groups is 1. The fourth-order valence-electron chi connectivity index (χ4n) is 1.99. The lowest BCUT2D eigenvalue weighted by molar-refractivity contribution is 0.0956. The molecule has 2 aromatic carbocycles. The standard InChI is InChI=1S/C17H21NO2S/c1-17(2,20)12-21-10-9-18-16(19)15-8-7-13-5-3-4-6-14(13)11-15/h3-8,11,20H,9-10,12H2,1-2H3,(H,18,19). The van der Waals surface area contributed by atoms with Gasteiger partial charge in [-0.25, -0.2) is 0 Å². The van der Waals surface area contributed by atoms with E-state index in [4.69, 9.17) is 0 Å². The van der Waals surface area contributed by atoms with Crippen molar-refractivity contribution in [1.29, 1.82) is 0 Å². The van der Waals surface area contributed by atoms with Gasteiger partial charge in [0.2, 0.25) is 0 Å². The monoisotopic (exact) mass is 303 g/mol. The number of aliphatic hydroxyl groups is 1. The zero-order chi connectivity index (χ0) is 15.3. The molecule has 0 atom stereocenters. The normalized spacial score (nSPS) is 11.6. The Morgan fingerprint density at radius 3 is 2.62 bits per heavy atom. The molecule has 2 aromatic rings. The van der Waals surface area contributed by atoms with Crippen LogP contribution < -0.4 is 5.32 Å². The molecule has 0 fully saturated rings. The van der Waals surface area contributed by atoms with Crippen LogP contribution in [0.1, 0.15) is 24.2 Å². The van der Waals surface area contributed by atoms with E-state index in [-0.39, 0.29) is 5.91 Å². The van der Waals surface area contributed by atoms with Crippen LogP contribution >= 0.6 is 11.8 Å². The van der Waals surface area contributed by atoms with E-state index in [1.807, 2.05) is 42.5 Å². The highest BCUT2D eigenvalue weighted by molar-refractivity contribution is 7.99. The van der Waals surface area contributed by atoms with Crippen LogP contribution in [0.25, 0.3) is 10.8 Å². The number of fused-ring (bicyclic) bond motifs is 1. The second-order valence-electron chi connectivity index (χ2n) is 5.68. The van der Waals surface area contributed by atoms with Gasteiger partial charge in [-0.3, -0.25) is 4.79 Å². The van der Waals surface area contributed by atoms with Crippen LogP contribution in [0.3, 0.4) is 0 Å². The third-order valence-corrected chi connectivity index (χ3v) is 4.40. The molecule has 0 aliphatic heterocycles. The van der Waals surface area contributed by atoms with E-state index in [9.17, 15) is 9.90 Å². The van der Waals surface area contributed by atoms with Crippen LogP contribution in [0.4, 0.5) is 0 Å². The molecular weight excluding hydrogens is 282 g/mol. The largest absolute Gasteiger partial charge is 0.390 e. The van der Waals surface area contributed by atoms with Gasteiger partial charge in [0.25, 0.3) is 5.91 Å². The number of hydrogen-bond donors (Lipinski definition) is 2. The molecule has 1 amide bonds. The van der Waals surface area contributed by atoms with E-state index < -0.39 is 5.60 Å². The predicted molar refractivity (Wildman–Crippen MR) is 89.9 cm³/mol. The van der Waals surface area contributed by atoms with Crippen LogP contribution in [-0.4, -0.2) is 34.7 Å². The molecule has 0 heterocycles. The molecule has 0 saturated heterocycles. The van der Waals surface area contributed by atoms with Crippen molar-refractivity contribution in [2.45, 2.75) is 19.4 Å². The molecule has 0 unspecified atom stereocenters. The van der Waals surface area contributed by atoms with E-state index in [0.29, 0.717) is 17.9 Å². The van der Waals surface area contributed by atoms with Crippen LogP contribution in [0.5, 0.6) is 0 Å². The van der Waals surface area contributed by atoms with Crippen molar-refractivity contribution in [3.63, 3.8) is 0 Å². The molecule has 3 nitrogen and oxygen atoms in total. The summed E-state index contributed by atoms with van der Waals surface area (Å²) in [4.78, 5) is 12.1. The summed E-state index contributed by atoms with van der Waals surface area (Å²) in [5.74, 6) is 1.41. The Bertz CT molecular complexity index is 619. The molecule has 112 valence electrons. The van der Waals surface area contributed by atoms with Crippen molar-refractivity contribution < 1.29 is 9.90 Å². The Morgan fingerprint density at radius 1 is 1.19 bits per heavy atom. The second kappa shape index (κ2) is 6.96. The van der Waals surface area contributed by atoms with Gasteiger partial charge in [-0.15, -0.1) is 0 Å².